The summed E-state index contributed by atoms with van der Waals surface area (Å²) in [5.74, 6) is 0. The van der Waals surface area contributed by atoms with Crippen LogP contribution in [0.25, 0.3) is 5.53 Å². The van der Waals surface area contributed by atoms with Crippen LogP contribution in [0.2, 0.25) is 0 Å². The smallest absolute Gasteiger partial charge is 0.358 e. The molecular weight excluding hydrogens is 72.0 g/mol. The molecule has 0 unspecified atom stereocenters. The molecule has 0 aromatic heterocycles. The Kier molecular flexibility index (Phi) is 1.63. The SMILES string of the molecule is [N-]=[NH+]C(O)O. The molecule has 0 aliphatic rings. The quantitative estimate of drug-likeness (QED) is 0.236. The van der Waals surface area contributed by atoms with Crippen LogP contribution < -0.4 is 5.11 Å². The maximum atomic E-state index is 7.56. The molecule has 0 rings (SSSR count). The van der Waals surface area contributed by atoms with E-state index in [0.717, 1.165) is 5.11 Å². The lowest BCUT2D eigenvalue weighted by atomic mass is 11.2. The fourth-order valence-electron chi connectivity index (χ4n) is 0. The molecule has 4 nitrogen and oxygen atoms in total. The van der Waals surface area contributed by atoms with Gasteiger partial charge in [0.05, 0.1) is 0 Å². The lowest BCUT2D eigenvalue weighted by Gasteiger charge is -1.82. The summed E-state index contributed by atoms with van der Waals surface area (Å²) in [5, 5.41) is 16.2. The maximum absolute atomic E-state index is 7.56. The average molecular weight is 76.1 g/mol. The number of rotatable bonds is 1. The van der Waals surface area contributed by atoms with Gasteiger partial charge in [0.25, 0.3) is 0 Å². The fourth-order valence-corrected chi connectivity index (χ4v) is 0. The molecule has 0 bridgehead atoms. The molecule has 0 fully saturated rings. The monoisotopic (exact) mass is 76.0 g/mol. The number of aliphatic hydroxyl groups excluding tert-OH is 1. The fraction of sp³-hybridized carbons (Fsp3) is 1.00. The van der Waals surface area contributed by atoms with E-state index < -0.39 is 6.41 Å². The Morgan fingerprint density at radius 2 is 1.80 bits per heavy atom. The highest BCUT2D eigenvalue weighted by molar-refractivity contribution is 3.79. The number of nitrogens with one attached hydrogen (secondary N) is 1. The Morgan fingerprint density at radius 1 is 1.60 bits per heavy atom. The first-order valence-electron chi connectivity index (χ1n) is 1.03. The highest BCUT2D eigenvalue weighted by Gasteiger charge is 1.82. The molecule has 0 heterocycles. The minimum Gasteiger partial charge on any atom is -0.504 e. The summed E-state index contributed by atoms with van der Waals surface area (Å²) in [4.78, 5) is 0. The highest BCUT2D eigenvalue weighted by atomic mass is 16.5. The van der Waals surface area contributed by atoms with Gasteiger partial charge in [0.2, 0.25) is 0 Å². The van der Waals surface area contributed by atoms with E-state index in [1.807, 2.05) is 0 Å². The van der Waals surface area contributed by atoms with Crippen LogP contribution in [0.1, 0.15) is 0 Å². The van der Waals surface area contributed by atoms with Gasteiger partial charge >= 0.3 is 6.41 Å². The molecule has 0 aromatic carbocycles. The minimum atomic E-state index is -1.81. The zero-order valence-electron chi connectivity index (χ0n) is 2.42. The van der Waals surface area contributed by atoms with Crippen molar-refractivity contribution in [1.29, 1.82) is 0 Å². The zero-order chi connectivity index (χ0) is 4.28. The van der Waals surface area contributed by atoms with E-state index in [0.29, 0.717) is 0 Å². The third kappa shape index (κ3) is 3.52. The first-order valence-corrected chi connectivity index (χ1v) is 1.03. The van der Waals surface area contributed by atoms with Crippen molar-refractivity contribution in [2.75, 3.05) is 0 Å². The van der Waals surface area contributed by atoms with Crippen LogP contribution in [0, 0.1) is 0 Å². The van der Waals surface area contributed by atoms with Crippen LogP contribution in [0.5, 0.6) is 0 Å². The van der Waals surface area contributed by atoms with Crippen LogP contribution in [0.3, 0.4) is 0 Å². The lowest BCUT2D eigenvalue weighted by Crippen LogP contribution is -2.71. The second kappa shape index (κ2) is 1.80. The molecule has 30 valence electrons. The van der Waals surface area contributed by atoms with Gasteiger partial charge in [-0.25, -0.2) is 0 Å². The van der Waals surface area contributed by atoms with E-state index >= 15 is 0 Å². The van der Waals surface area contributed by atoms with E-state index in [4.69, 9.17) is 15.7 Å². The van der Waals surface area contributed by atoms with Gasteiger partial charge in [-0.05, 0) is 0 Å². The normalized spacial score (nSPS) is 8.60. The second-order valence-electron chi connectivity index (χ2n) is 0.503. The summed E-state index contributed by atoms with van der Waals surface area (Å²) >= 11 is 0. The van der Waals surface area contributed by atoms with Crippen LogP contribution >= 0.6 is 0 Å². The molecule has 0 radical (unpaired) electrons. The van der Waals surface area contributed by atoms with Crippen LogP contribution in [-0.2, 0) is 0 Å². The third-order valence-electron chi connectivity index (χ3n) is 0.115. The largest absolute Gasteiger partial charge is 0.504 e. The number of nitrogens with zero attached hydrogens (tertiary/aromatic N) is 1. The van der Waals surface area contributed by atoms with Gasteiger partial charge in [-0.2, -0.15) is 0 Å². The summed E-state index contributed by atoms with van der Waals surface area (Å²) in [6.45, 7) is 0. The second-order valence-corrected chi connectivity index (χ2v) is 0.503. The molecule has 0 aliphatic carbocycles. The summed E-state index contributed by atoms with van der Waals surface area (Å²) < 4.78 is 0. The van der Waals surface area contributed by atoms with Crippen molar-refractivity contribution in [3.05, 3.63) is 5.53 Å². The first-order chi connectivity index (χ1) is 2.27. The van der Waals surface area contributed by atoms with Gasteiger partial charge in [-0.1, -0.05) is 0 Å². The van der Waals surface area contributed by atoms with Crippen molar-refractivity contribution in [2.24, 2.45) is 0 Å². The predicted octanol–water partition coefficient (Wildman–Crippen LogP) is -2.64. The number of hydrogen-bond donors (Lipinski definition) is 3. The molecule has 3 N–H and O–H groups in total. The average Bonchev–Trinajstić information content (AvgIpc) is 1.38. The van der Waals surface area contributed by atoms with Crippen LogP contribution in [0.15, 0.2) is 0 Å². The van der Waals surface area contributed by atoms with E-state index in [2.05, 4.69) is 0 Å². The van der Waals surface area contributed by atoms with Crippen molar-refractivity contribution >= 4 is 0 Å². The molecule has 5 heavy (non-hydrogen) atoms. The van der Waals surface area contributed by atoms with Gasteiger partial charge < -0.3 is 15.7 Å². The minimum absolute atomic E-state index is 1.14. The standard InChI is InChI=1S/CH4N2O2/c2-3-1(4)5/h1,3-5H. The maximum Gasteiger partial charge on any atom is 0.358 e. The van der Waals surface area contributed by atoms with Gasteiger partial charge in [-0.15, -0.1) is 0 Å². The molecule has 0 saturated heterocycles. The molecule has 4 heteroatoms. The topological polar surface area (TPSA) is 76.7 Å². The summed E-state index contributed by atoms with van der Waals surface area (Å²) in [6, 6.07) is 0. The van der Waals surface area contributed by atoms with Crippen molar-refractivity contribution in [3.63, 3.8) is 0 Å². The van der Waals surface area contributed by atoms with Crippen LogP contribution in [-0.4, -0.2) is 16.6 Å². The lowest BCUT2D eigenvalue weighted by molar-refractivity contribution is -0.628. The first kappa shape index (κ1) is 4.52. The Hall–Kier alpha value is -0.480. The third-order valence-corrected chi connectivity index (χ3v) is 0.115. The van der Waals surface area contributed by atoms with Gasteiger partial charge in [-0.3, -0.25) is 5.11 Å². The summed E-state index contributed by atoms with van der Waals surface area (Å²) in [7, 11) is 0. The van der Waals surface area contributed by atoms with E-state index in [9.17, 15) is 0 Å². The van der Waals surface area contributed by atoms with Crippen molar-refractivity contribution in [2.45, 2.75) is 6.41 Å². The Bertz CT molecular complexity index is 34.6. The molecule has 0 aliphatic heterocycles. The number of aliphatic hydroxyl groups is 2. The molecule has 0 aromatic rings. The molecule has 0 amide bonds. The highest BCUT2D eigenvalue weighted by Crippen LogP contribution is 1.36. The summed E-state index contributed by atoms with van der Waals surface area (Å²) in [6.07, 6.45) is -1.81. The van der Waals surface area contributed by atoms with Crippen molar-refractivity contribution in [3.8, 4) is 0 Å². The van der Waals surface area contributed by atoms with E-state index in [-0.39, 0.29) is 0 Å². The van der Waals surface area contributed by atoms with Gasteiger partial charge in [0.1, 0.15) is 0 Å². The Balaban J connectivity index is 2.83. The molecule has 0 saturated carbocycles. The molecule has 0 atom stereocenters. The van der Waals surface area contributed by atoms with Gasteiger partial charge in [0, 0.05) is 0 Å². The van der Waals surface area contributed by atoms with Crippen molar-refractivity contribution in [1.82, 2.24) is 0 Å². The van der Waals surface area contributed by atoms with E-state index in [1.165, 1.54) is 0 Å². The summed E-state index contributed by atoms with van der Waals surface area (Å²) in [5.41, 5.74) is 7.39. The van der Waals surface area contributed by atoms with Gasteiger partial charge in [0.15, 0.2) is 0 Å². The zero-order valence-corrected chi connectivity index (χ0v) is 2.42. The number of hydrogen-bond acceptors (Lipinski definition) is 2. The molecular formula is CH4N2O2. The predicted molar refractivity (Wildman–Crippen MR) is 12.5 cm³/mol. The van der Waals surface area contributed by atoms with Crippen LogP contribution in [0.4, 0.5) is 0 Å². The van der Waals surface area contributed by atoms with E-state index in [1.54, 1.807) is 0 Å². The molecule has 0 spiro atoms. The Labute approximate surface area is 28.6 Å². The van der Waals surface area contributed by atoms with Crippen molar-refractivity contribution < 1.29 is 15.3 Å². The Morgan fingerprint density at radius 3 is 1.80 bits per heavy atom.